The number of hydrogen-bond acceptors (Lipinski definition) is 3. The molecular formula is C22H21N5O. The molecule has 6 nitrogen and oxygen atoms in total. The number of nitrogens with one attached hydrogen (secondary N) is 1. The molecule has 4 aromatic rings. The van der Waals surface area contributed by atoms with E-state index in [0.29, 0.717) is 17.2 Å². The first-order chi connectivity index (χ1) is 13.6. The zero-order chi connectivity index (χ0) is 19.5. The molecule has 0 aliphatic heterocycles. The number of carbonyl (C=O) groups excluding carboxylic acids is 1. The van der Waals surface area contributed by atoms with Crippen molar-refractivity contribution in [2.24, 2.45) is 0 Å². The molecule has 0 aliphatic rings. The maximum absolute atomic E-state index is 12.6. The van der Waals surface area contributed by atoms with E-state index in [1.807, 2.05) is 77.6 Å². The van der Waals surface area contributed by atoms with Crippen LogP contribution in [-0.4, -0.2) is 25.5 Å². The van der Waals surface area contributed by atoms with Gasteiger partial charge < -0.3 is 9.88 Å². The summed E-state index contributed by atoms with van der Waals surface area (Å²) in [5, 5.41) is 11.1. The second-order valence-corrected chi connectivity index (χ2v) is 6.87. The van der Waals surface area contributed by atoms with Crippen molar-refractivity contribution < 1.29 is 4.79 Å². The molecule has 6 heteroatoms. The van der Waals surface area contributed by atoms with Crippen LogP contribution in [0.25, 0.3) is 11.4 Å². The summed E-state index contributed by atoms with van der Waals surface area (Å²) < 4.78 is 3.79. The van der Waals surface area contributed by atoms with Crippen molar-refractivity contribution in [2.45, 2.75) is 19.8 Å². The highest BCUT2D eigenvalue weighted by atomic mass is 16.1. The van der Waals surface area contributed by atoms with Crippen LogP contribution in [-0.2, 0) is 0 Å². The van der Waals surface area contributed by atoms with Crippen molar-refractivity contribution in [3.05, 3.63) is 90.5 Å². The minimum atomic E-state index is -0.154. The monoisotopic (exact) mass is 371 g/mol. The van der Waals surface area contributed by atoms with Crippen LogP contribution in [0.1, 0.15) is 35.8 Å². The van der Waals surface area contributed by atoms with Crippen LogP contribution < -0.4 is 5.32 Å². The first kappa shape index (κ1) is 17.7. The highest BCUT2D eigenvalue weighted by Gasteiger charge is 2.11. The molecule has 0 radical (unpaired) electrons. The molecule has 2 aromatic heterocycles. The van der Waals surface area contributed by atoms with E-state index in [1.165, 1.54) is 0 Å². The minimum Gasteiger partial charge on any atom is -0.324 e. The highest BCUT2D eigenvalue weighted by Crippen LogP contribution is 2.20. The van der Waals surface area contributed by atoms with E-state index in [9.17, 15) is 4.79 Å². The molecule has 1 amide bonds. The second kappa shape index (κ2) is 7.52. The summed E-state index contributed by atoms with van der Waals surface area (Å²) in [7, 11) is 0. The third-order valence-electron chi connectivity index (χ3n) is 4.55. The fourth-order valence-electron chi connectivity index (χ4n) is 3.05. The Kier molecular flexibility index (Phi) is 4.76. The molecule has 0 saturated heterocycles. The normalized spacial score (nSPS) is 11.0. The molecule has 2 aromatic carbocycles. The Morgan fingerprint density at radius 1 is 0.964 bits per heavy atom. The molecule has 0 spiro atoms. The van der Waals surface area contributed by atoms with Crippen LogP contribution in [0.2, 0.25) is 0 Å². The first-order valence-corrected chi connectivity index (χ1v) is 9.17. The molecule has 1 N–H and O–H groups in total. The highest BCUT2D eigenvalue weighted by molar-refractivity contribution is 6.04. The fourth-order valence-corrected chi connectivity index (χ4v) is 3.05. The van der Waals surface area contributed by atoms with Gasteiger partial charge in [-0.15, -0.1) is 5.10 Å². The average molecular weight is 371 g/mol. The van der Waals surface area contributed by atoms with E-state index in [0.717, 1.165) is 17.1 Å². The Hall–Kier alpha value is -3.67. The number of amides is 1. The number of anilines is 1. The number of nitrogens with zero attached hydrogens (tertiary/aromatic N) is 4. The second-order valence-electron chi connectivity index (χ2n) is 6.87. The zero-order valence-electron chi connectivity index (χ0n) is 15.8. The molecule has 0 aliphatic carbocycles. The molecule has 0 atom stereocenters. The third kappa shape index (κ3) is 3.57. The lowest BCUT2D eigenvalue weighted by Crippen LogP contribution is -2.12. The summed E-state index contributed by atoms with van der Waals surface area (Å²) in [6.45, 7) is 4.19. The minimum absolute atomic E-state index is 0.154. The van der Waals surface area contributed by atoms with Gasteiger partial charge in [0.25, 0.3) is 5.91 Å². The van der Waals surface area contributed by atoms with Crippen molar-refractivity contribution in [2.75, 3.05) is 5.32 Å². The Morgan fingerprint density at radius 2 is 1.71 bits per heavy atom. The van der Waals surface area contributed by atoms with Crippen LogP contribution in [0, 0.1) is 0 Å². The Balaban J connectivity index is 1.53. The van der Waals surface area contributed by atoms with Crippen molar-refractivity contribution in [1.29, 1.82) is 0 Å². The summed E-state index contributed by atoms with van der Waals surface area (Å²) in [4.78, 5) is 12.6. The van der Waals surface area contributed by atoms with E-state index in [-0.39, 0.29) is 5.91 Å². The molecule has 2 heterocycles. The van der Waals surface area contributed by atoms with E-state index in [4.69, 9.17) is 0 Å². The predicted molar refractivity (Wildman–Crippen MR) is 109 cm³/mol. The summed E-state index contributed by atoms with van der Waals surface area (Å²) in [5.74, 6) is 0.144. The average Bonchev–Trinajstić information content (AvgIpc) is 3.40. The first-order valence-electron chi connectivity index (χ1n) is 9.17. The van der Waals surface area contributed by atoms with Crippen LogP contribution in [0.3, 0.4) is 0 Å². The van der Waals surface area contributed by atoms with Gasteiger partial charge >= 0.3 is 0 Å². The van der Waals surface area contributed by atoms with Gasteiger partial charge in [-0.1, -0.05) is 25.1 Å². The van der Waals surface area contributed by atoms with Gasteiger partial charge in [0.05, 0.1) is 17.6 Å². The van der Waals surface area contributed by atoms with Gasteiger partial charge in [-0.05, 0) is 60.5 Å². The lowest BCUT2D eigenvalue weighted by Gasteiger charge is -2.11. The van der Waals surface area contributed by atoms with Crippen LogP contribution in [0.15, 0.2) is 79.3 Å². The quantitative estimate of drug-likeness (QED) is 0.564. The molecule has 140 valence electrons. The van der Waals surface area contributed by atoms with Crippen LogP contribution in [0.4, 0.5) is 5.69 Å². The van der Waals surface area contributed by atoms with Crippen molar-refractivity contribution >= 4 is 11.6 Å². The van der Waals surface area contributed by atoms with E-state index >= 15 is 0 Å². The summed E-state index contributed by atoms with van der Waals surface area (Å²) in [5.41, 5.74) is 4.20. The smallest absolute Gasteiger partial charge is 0.255 e. The van der Waals surface area contributed by atoms with Gasteiger partial charge in [-0.3, -0.25) is 4.79 Å². The Labute approximate surface area is 163 Å². The van der Waals surface area contributed by atoms with Crippen LogP contribution in [0.5, 0.6) is 0 Å². The number of hydrogen-bond donors (Lipinski definition) is 1. The molecule has 28 heavy (non-hydrogen) atoms. The number of carbonyl (C=O) groups is 1. The van der Waals surface area contributed by atoms with Gasteiger partial charge in [0.15, 0.2) is 0 Å². The molecular weight excluding hydrogens is 350 g/mol. The molecule has 0 bridgehead atoms. The largest absolute Gasteiger partial charge is 0.324 e. The SMILES string of the molecule is CC(C)c1cnnn1-c1cccc(NC(=O)c2ccc(-n3cccc3)cc2)c1. The van der Waals surface area contributed by atoms with Crippen molar-refractivity contribution in [3.63, 3.8) is 0 Å². The maximum atomic E-state index is 12.6. The van der Waals surface area contributed by atoms with E-state index in [2.05, 4.69) is 29.5 Å². The van der Waals surface area contributed by atoms with Gasteiger partial charge in [0.2, 0.25) is 0 Å². The maximum Gasteiger partial charge on any atom is 0.255 e. The lowest BCUT2D eigenvalue weighted by atomic mass is 10.1. The summed E-state index contributed by atoms with van der Waals surface area (Å²) >= 11 is 0. The number of rotatable bonds is 5. The molecule has 4 rings (SSSR count). The standard InChI is InChI=1S/C22H21N5O/c1-16(2)21-15-23-25-27(21)20-7-5-6-18(14-20)24-22(28)17-8-10-19(11-9-17)26-12-3-4-13-26/h3-16H,1-2H3,(H,24,28). The van der Waals surface area contributed by atoms with Gasteiger partial charge in [0, 0.05) is 29.3 Å². The molecule has 0 unspecified atom stereocenters. The number of aromatic nitrogens is 4. The third-order valence-corrected chi connectivity index (χ3v) is 4.55. The molecule has 0 saturated carbocycles. The van der Waals surface area contributed by atoms with E-state index in [1.54, 1.807) is 10.9 Å². The van der Waals surface area contributed by atoms with Crippen molar-refractivity contribution in [1.82, 2.24) is 19.6 Å². The van der Waals surface area contributed by atoms with Crippen LogP contribution >= 0.6 is 0 Å². The predicted octanol–water partition coefficient (Wildman–Crippen LogP) is 4.43. The van der Waals surface area contributed by atoms with Gasteiger partial charge in [-0.2, -0.15) is 0 Å². The zero-order valence-corrected chi connectivity index (χ0v) is 15.8. The number of benzene rings is 2. The summed E-state index contributed by atoms with van der Waals surface area (Å²) in [6.07, 6.45) is 5.70. The summed E-state index contributed by atoms with van der Waals surface area (Å²) in [6, 6.07) is 19.0. The Morgan fingerprint density at radius 3 is 2.43 bits per heavy atom. The molecule has 0 fully saturated rings. The van der Waals surface area contributed by atoms with Crippen molar-refractivity contribution in [3.8, 4) is 11.4 Å². The van der Waals surface area contributed by atoms with E-state index < -0.39 is 0 Å². The Bertz CT molecular complexity index is 1080. The topological polar surface area (TPSA) is 64.7 Å². The van der Waals surface area contributed by atoms with Gasteiger partial charge in [0.1, 0.15) is 0 Å². The lowest BCUT2D eigenvalue weighted by molar-refractivity contribution is 0.102. The van der Waals surface area contributed by atoms with Gasteiger partial charge in [-0.25, -0.2) is 4.68 Å². The fraction of sp³-hybridized carbons (Fsp3) is 0.136.